The van der Waals surface area contributed by atoms with Gasteiger partial charge >= 0.3 is 0 Å². The molecule has 2 aliphatic heterocycles. The number of carbonyl (C=O) groups excluding carboxylic acids is 1. The van der Waals surface area contributed by atoms with Crippen LogP contribution in [0.5, 0.6) is 0 Å². The van der Waals surface area contributed by atoms with Gasteiger partial charge in [-0.1, -0.05) is 0 Å². The highest BCUT2D eigenvalue weighted by atomic mass is 16.2. The second-order valence-corrected chi connectivity index (χ2v) is 3.93. The lowest BCUT2D eigenvalue weighted by molar-refractivity contribution is -0.135. The van der Waals surface area contributed by atoms with E-state index in [4.69, 9.17) is 5.73 Å². The lowest BCUT2D eigenvalue weighted by Crippen LogP contribution is -2.51. The van der Waals surface area contributed by atoms with Gasteiger partial charge in [0.1, 0.15) is 0 Å². The van der Waals surface area contributed by atoms with Crippen LogP contribution in [0.3, 0.4) is 0 Å². The molecule has 0 aromatic rings. The molecule has 4 nitrogen and oxygen atoms in total. The third-order valence-electron chi connectivity index (χ3n) is 2.99. The number of amides is 1. The Balaban J connectivity index is 2.01. The third kappa shape index (κ3) is 1.69. The molecular weight excluding hydrogens is 166 g/mol. The van der Waals surface area contributed by atoms with Crippen LogP contribution in [0.2, 0.25) is 0 Å². The van der Waals surface area contributed by atoms with E-state index in [9.17, 15) is 4.79 Å². The topological polar surface area (TPSA) is 58.4 Å². The summed E-state index contributed by atoms with van der Waals surface area (Å²) in [5, 5.41) is 3.22. The molecule has 2 aliphatic rings. The molecule has 4 heteroatoms. The van der Waals surface area contributed by atoms with Crippen molar-refractivity contribution in [3.05, 3.63) is 0 Å². The van der Waals surface area contributed by atoms with E-state index in [2.05, 4.69) is 5.32 Å². The van der Waals surface area contributed by atoms with Crippen LogP contribution in [0.25, 0.3) is 0 Å². The van der Waals surface area contributed by atoms with Gasteiger partial charge < -0.3 is 16.0 Å². The summed E-state index contributed by atoms with van der Waals surface area (Å²) in [5.41, 5.74) is 5.92. The summed E-state index contributed by atoms with van der Waals surface area (Å²) in [4.78, 5) is 13.5. The van der Waals surface area contributed by atoms with E-state index in [-0.39, 0.29) is 18.0 Å². The summed E-state index contributed by atoms with van der Waals surface area (Å²) >= 11 is 0. The zero-order chi connectivity index (χ0) is 9.26. The van der Waals surface area contributed by atoms with Crippen LogP contribution in [0.4, 0.5) is 0 Å². The first kappa shape index (κ1) is 8.97. The normalized spacial score (nSPS) is 35.5. The number of hydrogen-bond acceptors (Lipinski definition) is 3. The quantitative estimate of drug-likeness (QED) is 0.565. The van der Waals surface area contributed by atoms with Crippen molar-refractivity contribution in [2.45, 2.75) is 31.3 Å². The van der Waals surface area contributed by atoms with Crippen molar-refractivity contribution in [1.82, 2.24) is 10.2 Å². The fourth-order valence-electron chi connectivity index (χ4n) is 2.20. The first-order valence-corrected chi connectivity index (χ1v) is 5.05. The first-order valence-electron chi connectivity index (χ1n) is 5.05. The number of likely N-dealkylation sites (tertiary alicyclic amines) is 1. The highest BCUT2D eigenvalue weighted by molar-refractivity contribution is 5.77. The van der Waals surface area contributed by atoms with E-state index in [0.717, 1.165) is 32.5 Å². The van der Waals surface area contributed by atoms with Crippen molar-refractivity contribution in [3.8, 4) is 0 Å². The third-order valence-corrected chi connectivity index (χ3v) is 2.99. The average molecular weight is 183 g/mol. The zero-order valence-electron chi connectivity index (χ0n) is 7.83. The maximum absolute atomic E-state index is 11.6. The van der Waals surface area contributed by atoms with E-state index in [0.29, 0.717) is 6.42 Å². The van der Waals surface area contributed by atoms with Crippen molar-refractivity contribution in [2.24, 2.45) is 5.73 Å². The van der Waals surface area contributed by atoms with E-state index in [1.54, 1.807) is 0 Å². The molecule has 74 valence electrons. The number of rotatable bonds is 1. The Morgan fingerprint density at radius 1 is 1.38 bits per heavy atom. The van der Waals surface area contributed by atoms with Crippen LogP contribution in [0.1, 0.15) is 19.3 Å². The summed E-state index contributed by atoms with van der Waals surface area (Å²) in [5.74, 6) is 0.287. The second-order valence-electron chi connectivity index (χ2n) is 3.93. The number of carbonyl (C=O) groups is 1. The molecule has 0 saturated carbocycles. The predicted octanol–water partition coefficient (Wildman–Crippen LogP) is -0.702. The molecule has 0 bridgehead atoms. The lowest BCUT2D eigenvalue weighted by atomic mass is 10.1. The lowest BCUT2D eigenvalue weighted by Gasteiger charge is -2.34. The number of nitrogens with zero attached hydrogens (tertiary/aromatic N) is 1. The Labute approximate surface area is 78.5 Å². The fourth-order valence-corrected chi connectivity index (χ4v) is 2.20. The molecule has 1 amide bonds. The minimum atomic E-state index is 0.127. The van der Waals surface area contributed by atoms with Crippen LogP contribution < -0.4 is 11.1 Å². The molecule has 0 spiro atoms. The molecule has 13 heavy (non-hydrogen) atoms. The Morgan fingerprint density at radius 3 is 2.85 bits per heavy atom. The minimum Gasteiger partial charge on any atom is -0.337 e. The van der Waals surface area contributed by atoms with Crippen molar-refractivity contribution < 1.29 is 4.79 Å². The Bertz CT molecular complexity index is 207. The van der Waals surface area contributed by atoms with Gasteiger partial charge in [0.05, 0.1) is 6.04 Å². The molecule has 0 aliphatic carbocycles. The summed E-state index contributed by atoms with van der Waals surface area (Å²) in [6, 6.07) is 0.370. The highest BCUT2D eigenvalue weighted by Crippen LogP contribution is 2.16. The van der Waals surface area contributed by atoms with Gasteiger partial charge in [0, 0.05) is 32.1 Å². The van der Waals surface area contributed by atoms with Gasteiger partial charge in [-0.15, -0.1) is 0 Å². The molecule has 2 fully saturated rings. The number of piperidine rings is 1. The molecule has 0 radical (unpaired) electrons. The molecule has 2 rings (SSSR count). The van der Waals surface area contributed by atoms with Crippen LogP contribution in [-0.4, -0.2) is 42.5 Å². The Kier molecular flexibility index (Phi) is 2.51. The Morgan fingerprint density at radius 2 is 2.23 bits per heavy atom. The van der Waals surface area contributed by atoms with Gasteiger partial charge in [0.2, 0.25) is 5.91 Å². The SMILES string of the molecule is N[C@H]1CNC[C@H]1N1CCCCC1=O. The van der Waals surface area contributed by atoms with Gasteiger partial charge in [-0.25, -0.2) is 0 Å². The molecule has 0 aromatic heterocycles. The summed E-state index contributed by atoms with van der Waals surface area (Å²) in [7, 11) is 0. The van der Waals surface area contributed by atoms with Crippen LogP contribution in [0, 0.1) is 0 Å². The fraction of sp³-hybridized carbons (Fsp3) is 0.889. The molecule has 0 unspecified atom stereocenters. The first-order chi connectivity index (χ1) is 6.29. The van der Waals surface area contributed by atoms with Crippen LogP contribution in [0.15, 0.2) is 0 Å². The minimum absolute atomic E-state index is 0.127. The van der Waals surface area contributed by atoms with E-state index < -0.39 is 0 Å². The van der Waals surface area contributed by atoms with Crippen molar-refractivity contribution >= 4 is 5.91 Å². The maximum Gasteiger partial charge on any atom is 0.222 e. The molecular formula is C9H17N3O. The number of nitrogens with two attached hydrogens (primary N) is 1. The van der Waals surface area contributed by atoms with Gasteiger partial charge in [0.25, 0.3) is 0 Å². The second kappa shape index (κ2) is 3.64. The van der Waals surface area contributed by atoms with Crippen LogP contribution in [-0.2, 0) is 4.79 Å². The maximum atomic E-state index is 11.6. The highest BCUT2D eigenvalue weighted by Gasteiger charge is 2.33. The standard InChI is InChI=1S/C9H17N3O/c10-7-5-11-6-8(7)12-4-2-1-3-9(12)13/h7-8,11H,1-6,10H2/t7-,8+/m0/s1. The number of nitrogens with one attached hydrogen (secondary N) is 1. The van der Waals surface area contributed by atoms with Gasteiger partial charge in [0.15, 0.2) is 0 Å². The van der Waals surface area contributed by atoms with Crippen molar-refractivity contribution in [1.29, 1.82) is 0 Å². The van der Waals surface area contributed by atoms with E-state index in [1.165, 1.54) is 0 Å². The molecule has 2 saturated heterocycles. The molecule has 3 N–H and O–H groups in total. The van der Waals surface area contributed by atoms with Crippen molar-refractivity contribution in [3.63, 3.8) is 0 Å². The summed E-state index contributed by atoms with van der Waals surface area (Å²) in [6.07, 6.45) is 2.89. The molecule has 2 atom stereocenters. The Hall–Kier alpha value is -0.610. The summed E-state index contributed by atoms with van der Waals surface area (Å²) < 4.78 is 0. The molecule has 2 heterocycles. The van der Waals surface area contributed by atoms with Gasteiger partial charge in [-0.05, 0) is 12.8 Å². The van der Waals surface area contributed by atoms with Gasteiger partial charge in [-0.2, -0.15) is 0 Å². The van der Waals surface area contributed by atoms with E-state index in [1.807, 2.05) is 4.90 Å². The van der Waals surface area contributed by atoms with E-state index >= 15 is 0 Å². The zero-order valence-corrected chi connectivity index (χ0v) is 7.83. The smallest absolute Gasteiger partial charge is 0.222 e. The molecule has 0 aromatic carbocycles. The van der Waals surface area contributed by atoms with Gasteiger partial charge in [-0.3, -0.25) is 4.79 Å². The average Bonchev–Trinajstić information content (AvgIpc) is 2.52. The van der Waals surface area contributed by atoms with Crippen LogP contribution >= 0.6 is 0 Å². The largest absolute Gasteiger partial charge is 0.337 e. The number of hydrogen-bond donors (Lipinski definition) is 2. The predicted molar refractivity (Wildman–Crippen MR) is 50.2 cm³/mol. The van der Waals surface area contributed by atoms with Crippen molar-refractivity contribution in [2.75, 3.05) is 19.6 Å². The summed E-state index contributed by atoms with van der Waals surface area (Å²) in [6.45, 7) is 2.61. The monoisotopic (exact) mass is 183 g/mol.